The molecule has 3 fully saturated rings. The lowest BCUT2D eigenvalue weighted by atomic mass is 9.38. The fourth-order valence-corrected chi connectivity index (χ4v) is 9.65. The van der Waals surface area contributed by atoms with Crippen LogP contribution >= 0.6 is 0 Å². The zero-order chi connectivity index (χ0) is 25.8. The van der Waals surface area contributed by atoms with Crippen LogP contribution in [0.2, 0.25) is 0 Å². The van der Waals surface area contributed by atoms with E-state index in [0.29, 0.717) is 12.8 Å². The molecule has 35 heavy (non-hydrogen) atoms. The van der Waals surface area contributed by atoms with E-state index >= 15 is 0 Å². The van der Waals surface area contributed by atoms with Crippen molar-refractivity contribution in [1.82, 2.24) is 0 Å². The van der Waals surface area contributed by atoms with Crippen molar-refractivity contribution in [2.75, 3.05) is 0 Å². The Morgan fingerprint density at radius 1 is 1.00 bits per heavy atom. The summed E-state index contributed by atoms with van der Waals surface area (Å²) >= 11 is 0. The normalized spacial score (nSPS) is 45.5. The van der Waals surface area contributed by atoms with Crippen LogP contribution in [0.4, 0.5) is 0 Å². The number of hydrogen-bond donors (Lipinski definition) is 1. The Labute approximate surface area is 209 Å². The minimum Gasteiger partial charge on any atom is -0.481 e. The Bertz CT molecular complexity index is 1140. The first-order chi connectivity index (χ1) is 16.1. The summed E-state index contributed by atoms with van der Waals surface area (Å²) in [5, 5.41) is 20.2. The lowest BCUT2D eigenvalue weighted by Crippen LogP contribution is -2.61. The van der Waals surface area contributed by atoms with Gasteiger partial charge in [-0.3, -0.25) is 14.4 Å². The fourth-order valence-electron chi connectivity index (χ4n) is 9.65. The first-order valence-corrected chi connectivity index (χ1v) is 13.3. The third-order valence-electron chi connectivity index (χ3n) is 11.5. The average Bonchev–Trinajstić information content (AvgIpc) is 2.76. The predicted octanol–water partition coefficient (Wildman–Crippen LogP) is 5.90. The van der Waals surface area contributed by atoms with Gasteiger partial charge < -0.3 is 5.11 Å². The van der Waals surface area contributed by atoms with Crippen molar-refractivity contribution in [3.05, 3.63) is 23.3 Å². The number of carbonyl (C=O) groups is 3. The highest BCUT2D eigenvalue weighted by Gasteiger charge is 2.67. The van der Waals surface area contributed by atoms with E-state index < -0.39 is 22.2 Å². The van der Waals surface area contributed by atoms with Gasteiger partial charge in [-0.05, 0) is 79.6 Å². The van der Waals surface area contributed by atoms with Crippen LogP contribution in [0.15, 0.2) is 23.3 Å². The minimum absolute atomic E-state index is 0.0263. The van der Waals surface area contributed by atoms with Crippen molar-refractivity contribution in [2.24, 2.45) is 50.7 Å². The fraction of sp³-hybridized carbons (Fsp3) is 0.733. The van der Waals surface area contributed by atoms with Crippen molar-refractivity contribution in [2.45, 2.75) is 86.5 Å². The molecule has 0 radical (unpaired) electrons. The second-order valence-electron chi connectivity index (χ2n) is 14.1. The molecule has 5 heteroatoms. The van der Waals surface area contributed by atoms with E-state index in [-0.39, 0.29) is 51.6 Å². The summed E-state index contributed by atoms with van der Waals surface area (Å²) in [5.41, 5.74) is -0.960. The van der Waals surface area contributed by atoms with Crippen LogP contribution < -0.4 is 0 Å². The molecule has 0 heterocycles. The highest BCUT2D eigenvalue weighted by atomic mass is 16.4. The number of aliphatic carboxylic acids is 1. The van der Waals surface area contributed by atoms with Gasteiger partial charge in [-0.25, -0.2) is 0 Å². The smallest absolute Gasteiger partial charge is 0.309 e. The zero-order valence-electron chi connectivity index (χ0n) is 22.0. The van der Waals surface area contributed by atoms with E-state index in [1.54, 1.807) is 0 Å². The summed E-state index contributed by atoms with van der Waals surface area (Å²) < 4.78 is 0. The first-order valence-electron chi connectivity index (χ1n) is 13.3. The van der Waals surface area contributed by atoms with Crippen molar-refractivity contribution in [3.63, 3.8) is 0 Å². The second-order valence-corrected chi connectivity index (χ2v) is 14.1. The van der Waals surface area contributed by atoms with Crippen molar-refractivity contribution in [1.29, 1.82) is 5.26 Å². The number of Topliss-reactive ketones (excluding diaryl/α,β-unsaturated/α-hetero) is 1. The minimum atomic E-state index is -0.803. The number of allylic oxidation sites excluding steroid dienone is 4. The number of nitrogens with zero attached hydrogens (tertiary/aromatic N) is 1. The van der Waals surface area contributed by atoms with Gasteiger partial charge in [0.25, 0.3) is 0 Å². The number of rotatable bonds is 1. The average molecular weight is 478 g/mol. The van der Waals surface area contributed by atoms with Crippen LogP contribution in [0.5, 0.6) is 0 Å². The molecule has 0 aromatic rings. The van der Waals surface area contributed by atoms with Crippen molar-refractivity contribution >= 4 is 17.5 Å². The second kappa shape index (κ2) is 7.17. The summed E-state index contributed by atoms with van der Waals surface area (Å²) in [6.45, 7) is 12.7. The van der Waals surface area contributed by atoms with Crippen molar-refractivity contribution in [3.8, 4) is 6.07 Å². The van der Waals surface area contributed by atoms with Gasteiger partial charge in [0.2, 0.25) is 0 Å². The number of carbonyl (C=O) groups excluding carboxylic acids is 2. The highest BCUT2D eigenvalue weighted by molar-refractivity contribution is 6.04. The van der Waals surface area contributed by atoms with Crippen LogP contribution in [-0.2, 0) is 14.4 Å². The van der Waals surface area contributed by atoms with Gasteiger partial charge in [0, 0.05) is 16.7 Å². The molecule has 0 aliphatic heterocycles. The molecule has 0 spiro atoms. The van der Waals surface area contributed by atoms with E-state index in [1.807, 2.05) is 26.0 Å². The van der Waals surface area contributed by atoms with E-state index in [0.717, 1.165) is 37.7 Å². The molecule has 3 unspecified atom stereocenters. The molecule has 3 saturated carbocycles. The lowest BCUT2D eigenvalue weighted by molar-refractivity contribution is -0.175. The van der Waals surface area contributed by atoms with Crippen molar-refractivity contribution < 1.29 is 19.5 Å². The molecule has 0 aromatic heterocycles. The van der Waals surface area contributed by atoms with Gasteiger partial charge in [-0.1, -0.05) is 53.2 Å². The Kier molecular flexibility index (Phi) is 5.02. The van der Waals surface area contributed by atoms with Crippen LogP contribution in [-0.4, -0.2) is 22.6 Å². The maximum atomic E-state index is 14.0. The zero-order valence-corrected chi connectivity index (χ0v) is 22.0. The van der Waals surface area contributed by atoms with Gasteiger partial charge in [-0.2, -0.15) is 5.26 Å². The summed E-state index contributed by atoms with van der Waals surface area (Å²) in [4.78, 5) is 39.8. The van der Waals surface area contributed by atoms with Gasteiger partial charge in [0.05, 0.1) is 11.0 Å². The summed E-state index contributed by atoms with van der Waals surface area (Å²) in [6, 6.07) is 2.14. The third-order valence-corrected chi connectivity index (χ3v) is 11.5. The summed E-state index contributed by atoms with van der Waals surface area (Å²) in [5.74, 6) is -1.05. The molecule has 1 N–H and O–H groups in total. The maximum Gasteiger partial charge on any atom is 0.309 e. The molecule has 7 atom stereocenters. The van der Waals surface area contributed by atoms with Gasteiger partial charge in [0.1, 0.15) is 6.07 Å². The molecule has 188 valence electrons. The molecule has 0 aromatic carbocycles. The number of carboxylic acids is 1. The van der Waals surface area contributed by atoms with Gasteiger partial charge in [0.15, 0.2) is 11.6 Å². The van der Waals surface area contributed by atoms with Crippen LogP contribution in [0, 0.1) is 62.1 Å². The Hall–Kier alpha value is -2.22. The Morgan fingerprint density at radius 3 is 2.31 bits per heavy atom. The Balaban J connectivity index is 1.66. The molecule has 0 saturated heterocycles. The Morgan fingerprint density at radius 2 is 1.69 bits per heavy atom. The molecular formula is C30H39NO4. The largest absolute Gasteiger partial charge is 0.481 e. The number of nitriles is 1. The van der Waals surface area contributed by atoms with E-state index in [9.17, 15) is 24.8 Å². The maximum absolute atomic E-state index is 14.0. The molecule has 0 bridgehead atoms. The van der Waals surface area contributed by atoms with Crippen LogP contribution in [0.25, 0.3) is 0 Å². The number of carboxylic acid groups (broad SMARTS) is 1. The van der Waals surface area contributed by atoms with E-state index in [4.69, 9.17) is 0 Å². The molecule has 0 amide bonds. The first kappa shape index (κ1) is 24.5. The van der Waals surface area contributed by atoms with Gasteiger partial charge >= 0.3 is 5.97 Å². The number of hydrogen-bond acceptors (Lipinski definition) is 4. The van der Waals surface area contributed by atoms with Crippen LogP contribution in [0.3, 0.4) is 0 Å². The van der Waals surface area contributed by atoms with Crippen LogP contribution in [0.1, 0.15) is 86.5 Å². The summed E-state index contributed by atoms with van der Waals surface area (Å²) in [6.07, 6.45) is 9.10. The van der Waals surface area contributed by atoms with E-state index in [1.165, 1.54) is 0 Å². The standard InChI is InChI=1S/C30H39NO4/c1-26(2)11-12-30(25(34)35)10-7-18-23(19(30)15-26)20(32)13-22-28(18,5)9-8-21-27(3,4)24(33)17(16-31)14-29(21,22)6/h13-14,18-19,21,23H,7-12,15H2,1-6H3,(H,34,35)/t18?,19?,21-,23?,28-,29-,30+/m0/s1. The lowest BCUT2D eigenvalue weighted by Gasteiger charge is -2.64. The highest BCUT2D eigenvalue weighted by Crippen LogP contribution is 2.70. The molecule has 5 aliphatic carbocycles. The molecule has 5 aliphatic rings. The molecule has 5 rings (SSSR count). The molecule has 5 nitrogen and oxygen atoms in total. The quantitative estimate of drug-likeness (QED) is 0.507. The van der Waals surface area contributed by atoms with E-state index in [2.05, 4.69) is 33.8 Å². The SMILES string of the molecule is CC1(C)CC[C@]2(C(=O)O)CCC3C(C(=O)C=C4[C@@]3(C)CC[C@H]3C(C)(C)C(=O)C(C#N)=C[C@]43C)C2C1. The topological polar surface area (TPSA) is 95.2 Å². The monoisotopic (exact) mass is 477 g/mol. The number of fused-ring (bicyclic) bond motifs is 7. The number of ketones is 2. The molecular weight excluding hydrogens is 438 g/mol. The summed E-state index contributed by atoms with van der Waals surface area (Å²) in [7, 11) is 0. The predicted molar refractivity (Wildman–Crippen MR) is 132 cm³/mol. The third kappa shape index (κ3) is 3.01. The van der Waals surface area contributed by atoms with Gasteiger partial charge in [-0.15, -0.1) is 0 Å².